The van der Waals surface area contributed by atoms with Crippen molar-refractivity contribution in [2.24, 2.45) is 4.99 Å². The fourth-order valence-electron chi connectivity index (χ4n) is 2.28. The second-order valence-electron chi connectivity index (χ2n) is 4.98. The molecule has 0 unspecified atom stereocenters. The molecule has 0 aliphatic carbocycles. The summed E-state index contributed by atoms with van der Waals surface area (Å²) in [5.41, 5.74) is 4.10. The monoisotopic (exact) mass is 307 g/mol. The predicted octanol–water partition coefficient (Wildman–Crippen LogP) is 5.23. The van der Waals surface area contributed by atoms with Crippen LogP contribution < -0.4 is 4.74 Å². The molecule has 1 heterocycles. The molecule has 3 rings (SSSR count). The number of ether oxygens (including phenoxy) is 1. The number of thiophene rings is 1. The Hall–Kier alpha value is -2.39. The Balaban J connectivity index is 2.16. The van der Waals surface area contributed by atoms with Crippen molar-refractivity contribution < 1.29 is 4.74 Å². The van der Waals surface area contributed by atoms with Crippen LogP contribution in [0.15, 0.2) is 71.0 Å². The summed E-state index contributed by atoms with van der Waals surface area (Å²) in [5, 5.41) is 2.07. The van der Waals surface area contributed by atoms with E-state index in [-0.39, 0.29) is 0 Å². The maximum absolute atomic E-state index is 5.45. The molecule has 0 radical (unpaired) electrons. The van der Waals surface area contributed by atoms with Gasteiger partial charge in [-0.15, -0.1) is 11.3 Å². The van der Waals surface area contributed by atoms with Gasteiger partial charge in [0, 0.05) is 5.56 Å². The van der Waals surface area contributed by atoms with Crippen LogP contribution in [0.3, 0.4) is 0 Å². The van der Waals surface area contributed by atoms with E-state index in [1.807, 2.05) is 36.4 Å². The van der Waals surface area contributed by atoms with Crippen LogP contribution >= 0.6 is 11.3 Å². The zero-order valence-corrected chi connectivity index (χ0v) is 13.4. The van der Waals surface area contributed by atoms with Crippen LogP contribution in [0.4, 0.5) is 5.69 Å². The Morgan fingerprint density at radius 3 is 2.50 bits per heavy atom. The number of benzene rings is 2. The van der Waals surface area contributed by atoms with Crippen LogP contribution in [0, 0.1) is 6.92 Å². The van der Waals surface area contributed by atoms with E-state index in [4.69, 9.17) is 9.73 Å². The van der Waals surface area contributed by atoms with Crippen molar-refractivity contribution in [3.8, 4) is 5.75 Å². The molecule has 2 nitrogen and oxygen atoms in total. The molecule has 3 aromatic rings. The third kappa shape index (κ3) is 3.10. The molecule has 0 N–H and O–H groups in total. The minimum absolute atomic E-state index is 0.788. The van der Waals surface area contributed by atoms with Crippen LogP contribution in [-0.2, 0) is 0 Å². The van der Waals surface area contributed by atoms with Crippen LogP contribution in [0.2, 0.25) is 0 Å². The lowest BCUT2D eigenvalue weighted by molar-refractivity contribution is 0.416. The van der Waals surface area contributed by atoms with E-state index < -0.39 is 0 Å². The van der Waals surface area contributed by atoms with Crippen molar-refractivity contribution in [3.05, 3.63) is 82.0 Å². The summed E-state index contributed by atoms with van der Waals surface area (Å²) in [4.78, 5) is 6.05. The molecule has 3 heteroatoms. The van der Waals surface area contributed by atoms with Gasteiger partial charge in [-0.2, -0.15) is 0 Å². The Morgan fingerprint density at radius 2 is 1.82 bits per heavy atom. The summed E-state index contributed by atoms with van der Waals surface area (Å²) >= 11 is 1.69. The molecular formula is C19H17NOS. The highest BCUT2D eigenvalue weighted by molar-refractivity contribution is 7.12. The molecular weight excluding hydrogens is 290 g/mol. The summed E-state index contributed by atoms with van der Waals surface area (Å²) in [6, 6.07) is 20.4. The third-order valence-corrected chi connectivity index (χ3v) is 4.24. The molecule has 110 valence electrons. The molecule has 0 atom stereocenters. The van der Waals surface area contributed by atoms with Gasteiger partial charge >= 0.3 is 0 Å². The number of aliphatic imine (C=N–C) groups is 1. The SMILES string of the molecule is COc1ccc(C)cc1N=C(c1ccccc1)c1cccs1. The minimum Gasteiger partial charge on any atom is -0.494 e. The first-order valence-corrected chi connectivity index (χ1v) is 7.98. The summed E-state index contributed by atoms with van der Waals surface area (Å²) < 4.78 is 5.45. The normalized spacial score (nSPS) is 11.5. The van der Waals surface area contributed by atoms with Gasteiger partial charge in [0.25, 0.3) is 0 Å². The molecule has 0 saturated carbocycles. The summed E-state index contributed by atoms with van der Waals surface area (Å²) in [5.74, 6) is 0.788. The summed E-state index contributed by atoms with van der Waals surface area (Å²) in [6.45, 7) is 2.06. The number of hydrogen-bond donors (Lipinski definition) is 0. The molecule has 0 amide bonds. The van der Waals surface area contributed by atoms with Gasteiger partial charge in [0.2, 0.25) is 0 Å². The number of methoxy groups -OCH3 is 1. The highest BCUT2D eigenvalue weighted by atomic mass is 32.1. The first kappa shape index (κ1) is 14.5. The lowest BCUT2D eigenvalue weighted by Gasteiger charge is -2.09. The number of nitrogens with zero attached hydrogens (tertiary/aromatic N) is 1. The highest BCUT2D eigenvalue weighted by Crippen LogP contribution is 2.30. The molecule has 0 fully saturated rings. The van der Waals surface area contributed by atoms with Gasteiger partial charge in [0.05, 0.1) is 17.7 Å². The van der Waals surface area contributed by atoms with Gasteiger partial charge in [-0.05, 0) is 36.1 Å². The van der Waals surface area contributed by atoms with E-state index in [0.29, 0.717) is 0 Å². The molecule has 0 aliphatic heterocycles. The zero-order valence-electron chi connectivity index (χ0n) is 12.6. The average Bonchev–Trinajstić information content (AvgIpc) is 3.08. The standard InChI is InChI=1S/C19H17NOS/c1-14-10-11-17(21-2)16(13-14)20-19(18-9-6-12-22-18)15-7-4-3-5-8-15/h3-13H,1-2H3. The first-order chi connectivity index (χ1) is 10.8. The lowest BCUT2D eigenvalue weighted by atomic mass is 10.1. The second-order valence-corrected chi connectivity index (χ2v) is 5.93. The lowest BCUT2D eigenvalue weighted by Crippen LogP contribution is -2.00. The third-order valence-electron chi connectivity index (χ3n) is 3.37. The van der Waals surface area contributed by atoms with Crippen LogP contribution in [0.25, 0.3) is 0 Å². The summed E-state index contributed by atoms with van der Waals surface area (Å²) in [6.07, 6.45) is 0. The fraction of sp³-hybridized carbons (Fsp3) is 0.105. The van der Waals surface area contributed by atoms with Gasteiger partial charge < -0.3 is 4.74 Å². The van der Waals surface area contributed by atoms with Gasteiger partial charge in [0.15, 0.2) is 0 Å². The quantitative estimate of drug-likeness (QED) is 0.604. The van der Waals surface area contributed by atoms with Gasteiger partial charge in [-0.3, -0.25) is 0 Å². The largest absolute Gasteiger partial charge is 0.494 e. The van der Waals surface area contributed by atoms with Gasteiger partial charge in [-0.25, -0.2) is 4.99 Å². The Bertz CT molecular complexity index is 776. The molecule has 0 saturated heterocycles. The molecule has 0 aliphatic rings. The number of hydrogen-bond acceptors (Lipinski definition) is 3. The van der Waals surface area contributed by atoms with Crippen LogP contribution in [0.1, 0.15) is 16.0 Å². The van der Waals surface area contributed by atoms with Crippen molar-refractivity contribution >= 4 is 22.7 Å². The smallest absolute Gasteiger partial charge is 0.144 e. The molecule has 2 aromatic carbocycles. The predicted molar refractivity (Wildman–Crippen MR) is 93.8 cm³/mol. The first-order valence-electron chi connectivity index (χ1n) is 7.10. The van der Waals surface area contributed by atoms with Crippen molar-refractivity contribution in [3.63, 3.8) is 0 Å². The minimum atomic E-state index is 0.788. The van der Waals surface area contributed by atoms with E-state index in [2.05, 4.69) is 36.6 Å². The number of aryl methyl sites for hydroxylation is 1. The Labute approximate surface area is 134 Å². The maximum atomic E-state index is 5.45. The van der Waals surface area contributed by atoms with Crippen molar-refractivity contribution in [2.75, 3.05) is 7.11 Å². The Morgan fingerprint density at radius 1 is 1.00 bits per heavy atom. The van der Waals surface area contributed by atoms with E-state index in [1.54, 1.807) is 18.4 Å². The topological polar surface area (TPSA) is 21.6 Å². The molecule has 22 heavy (non-hydrogen) atoms. The zero-order chi connectivity index (χ0) is 15.4. The van der Waals surface area contributed by atoms with E-state index >= 15 is 0 Å². The van der Waals surface area contributed by atoms with Crippen LogP contribution in [-0.4, -0.2) is 12.8 Å². The fourth-order valence-corrected chi connectivity index (χ4v) is 3.02. The molecule has 1 aromatic heterocycles. The average molecular weight is 307 g/mol. The molecule has 0 bridgehead atoms. The van der Waals surface area contributed by atoms with E-state index in [1.165, 1.54) is 0 Å². The van der Waals surface area contributed by atoms with Gasteiger partial charge in [0.1, 0.15) is 11.4 Å². The number of rotatable bonds is 4. The van der Waals surface area contributed by atoms with Crippen molar-refractivity contribution in [1.29, 1.82) is 0 Å². The highest BCUT2D eigenvalue weighted by Gasteiger charge is 2.10. The van der Waals surface area contributed by atoms with Crippen molar-refractivity contribution in [1.82, 2.24) is 0 Å². The van der Waals surface area contributed by atoms with Gasteiger partial charge in [-0.1, -0.05) is 42.5 Å². The Kier molecular flexibility index (Phi) is 4.35. The second kappa shape index (κ2) is 6.58. The summed E-state index contributed by atoms with van der Waals surface area (Å²) in [7, 11) is 1.68. The van der Waals surface area contributed by atoms with E-state index in [9.17, 15) is 0 Å². The van der Waals surface area contributed by atoms with Crippen molar-refractivity contribution in [2.45, 2.75) is 6.92 Å². The van der Waals surface area contributed by atoms with E-state index in [0.717, 1.165) is 33.2 Å². The molecule has 0 spiro atoms. The maximum Gasteiger partial charge on any atom is 0.144 e. The van der Waals surface area contributed by atoms with Crippen LogP contribution in [0.5, 0.6) is 5.75 Å².